The molecular formula is C30H29FN6O3S. The van der Waals surface area contributed by atoms with Crippen molar-refractivity contribution in [2.24, 2.45) is 5.41 Å². The molecule has 0 amide bonds. The molecule has 11 heteroatoms. The van der Waals surface area contributed by atoms with Gasteiger partial charge in [-0.3, -0.25) is 14.5 Å². The lowest BCUT2D eigenvalue weighted by Crippen LogP contribution is -2.46. The molecule has 3 heterocycles. The number of hydrogen-bond donors (Lipinski definition) is 0. The van der Waals surface area contributed by atoms with Crippen LogP contribution in [0.5, 0.6) is 0 Å². The van der Waals surface area contributed by atoms with Crippen molar-refractivity contribution in [2.75, 3.05) is 0 Å². The summed E-state index contributed by atoms with van der Waals surface area (Å²) in [6.45, 7) is 2.37. The van der Waals surface area contributed by atoms with Crippen LogP contribution in [-0.4, -0.2) is 49.0 Å². The van der Waals surface area contributed by atoms with Gasteiger partial charge in [-0.2, -0.15) is 5.10 Å². The molecule has 7 rings (SSSR count). The Morgan fingerprint density at radius 3 is 2.56 bits per heavy atom. The lowest BCUT2D eigenvalue weighted by Gasteiger charge is -2.43. The van der Waals surface area contributed by atoms with Crippen LogP contribution in [0.25, 0.3) is 11.8 Å². The van der Waals surface area contributed by atoms with E-state index in [1.807, 2.05) is 19.1 Å². The van der Waals surface area contributed by atoms with E-state index in [0.29, 0.717) is 43.1 Å². The Balaban J connectivity index is 1.30. The summed E-state index contributed by atoms with van der Waals surface area (Å²) < 4.78 is 44.3. The van der Waals surface area contributed by atoms with Gasteiger partial charge in [0.2, 0.25) is 9.84 Å². The minimum atomic E-state index is -3.88. The first-order chi connectivity index (χ1) is 19.8. The van der Waals surface area contributed by atoms with E-state index in [1.165, 1.54) is 23.1 Å². The van der Waals surface area contributed by atoms with Crippen molar-refractivity contribution in [3.8, 4) is 5.69 Å². The van der Waals surface area contributed by atoms with Crippen molar-refractivity contribution < 1.29 is 17.6 Å². The van der Waals surface area contributed by atoms with Gasteiger partial charge in [0.25, 0.3) is 5.16 Å². The van der Waals surface area contributed by atoms with E-state index in [0.717, 1.165) is 35.2 Å². The smallest absolute Gasteiger partial charge is 0.267 e. The highest BCUT2D eigenvalue weighted by Crippen LogP contribution is 2.52. The lowest BCUT2D eigenvalue weighted by molar-refractivity contribution is 0.0796. The number of aryl methyl sites for hydroxylation is 1. The number of halogens is 1. The highest BCUT2D eigenvalue weighted by atomic mass is 32.2. The molecule has 3 aromatic heterocycles. The monoisotopic (exact) mass is 572 g/mol. The van der Waals surface area contributed by atoms with E-state index >= 15 is 0 Å². The number of fused-ring (bicyclic) bond motifs is 2. The maximum atomic E-state index is 14.4. The van der Waals surface area contributed by atoms with Gasteiger partial charge in [-0.1, -0.05) is 11.6 Å². The number of carbonyl (C=O) groups excluding carboxylic acids is 1. The van der Waals surface area contributed by atoms with Crippen molar-refractivity contribution in [1.29, 1.82) is 0 Å². The Bertz CT molecular complexity index is 1790. The third-order valence-electron chi connectivity index (χ3n) is 8.72. The fraction of sp³-hybridized carbons (Fsp3) is 0.367. The van der Waals surface area contributed by atoms with Gasteiger partial charge in [0, 0.05) is 12.7 Å². The van der Waals surface area contributed by atoms with Gasteiger partial charge < -0.3 is 0 Å². The second kappa shape index (κ2) is 9.54. The number of benzene rings is 1. The third-order valence-corrected chi connectivity index (χ3v) is 10.7. The fourth-order valence-electron chi connectivity index (χ4n) is 6.27. The Morgan fingerprint density at radius 1 is 1.07 bits per heavy atom. The van der Waals surface area contributed by atoms with Crippen molar-refractivity contribution in [2.45, 2.75) is 68.3 Å². The van der Waals surface area contributed by atoms with Gasteiger partial charge in [-0.25, -0.2) is 22.5 Å². The van der Waals surface area contributed by atoms with E-state index in [-0.39, 0.29) is 23.2 Å². The SMILES string of the molecule is CCn1cnc(S(=O)(=O)[C@H]2CCC3=Cc4c(cnn4-c4ccc(F)cc4)C[C@]3(C(=O)c3ccc(C4CC4)cn3)C2)n1. The zero-order chi connectivity index (χ0) is 28.4. The molecule has 210 valence electrons. The second-order valence-electron chi connectivity index (χ2n) is 11.2. The first kappa shape index (κ1) is 25.9. The summed E-state index contributed by atoms with van der Waals surface area (Å²) in [4.78, 5) is 23.1. The van der Waals surface area contributed by atoms with Crippen LogP contribution in [0.3, 0.4) is 0 Å². The molecule has 0 saturated heterocycles. The van der Waals surface area contributed by atoms with Crippen molar-refractivity contribution >= 4 is 21.7 Å². The van der Waals surface area contributed by atoms with Gasteiger partial charge in [0.1, 0.15) is 17.8 Å². The van der Waals surface area contributed by atoms with Crippen LogP contribution < -0.4 is 0 Å². The number of rotatable bonds is 7. The summed E-state index contributed by atoms with van der Waals surface area (Å²) in [6, 6.07) is 9.83. The minimum Gasteiger partial charge on any atom is -0.291 e. The summed E-state index contributed by atoms with van der Waals surface area (Å²) in [5.74, 6) is -0.0107. The van der Waals surface area contributed by atoms with Crippen molar-refractivity contribution in [3.05, 3.63) is 89.0 Å². The number of Topliss-reactive ketones (excluding diaryl/α,β-unsaturated/α-hetero) is 1. The van der Waals surface area contributed by atoms with Crippen LogP contribution in [0.2, 0.25) is 0 Å². The van der Waals surface area contributed by atoms with E-state index in [1.54, 1.807) is 35.3 Å². The molecule has 0 radical (unpaired) electrons. The van der Waals surface area contributed by atoms with E-state index in [9.17, 15) is 17.6 Å². The highest BCUT2D eigenvalue weighted by molar-refractivity contribution is 7.91. The second-order valence-corrected chi connectivity index (χ2v) is 13.4. The number of allylic oxidation sites excluding steroid dienone is 1. The predicted molar refractivity (Wildman–Crippen MR) is 149 cm³/mol. The van der Waals surface area contributed by atoms with Gasteiger partial charge in [-0.15, -0.1) is 5.10 Å². The Kier molecular flexibility index (Phi) is 6.04. The molecule has 2 fully saturated rings. The van der Waals surface area contributed by atoms with E-state index in [4.69, 9.17) is 0 Å². The van der Waals surface area contributed by atoms with Crippen LogP contribution in [0.4, 0.5) is 4.39 Å². The number of pyridine rings is 1. The Morgan fingerprint density at radius 2 is 1.88 bits per heavy atom. The molecule has 1 aromatic carbocycles. The summed E-state index contributed by atoms with van der Waals surface area (Å²) in [5.41, 5.74) is 3.58. The maximum Gasteiger partial charge on any atom is 0.267 e. The molecule has 3 aliphatic carbocycles. The van der Waals surface area contributed by atoms with Crippen LogP contribution in [0.15, 0.2) is 65.8 Å². The van der Waals surface area contributed by atoms with Gasteiger partial charge in [-0.05, 0) is 98.9 Å². The average molecular weight is 573 g/mol. The third kappa shape index (κ3) is 4.34. The van der Waals surface area contributed by atoms with Gasteiger partial charge in [0.15, 0.2) is 5.78 Å². The molecular weight excluding hydrogens is 543 g/mol. The molecule has 9 nitrogen and oxygen atoms in total. The number of sulfone groups is 1. The van der Waals surface area contributed by atoms with Crippen LogP contribution in [0, 0.1) is 11.2 Å². The number of carbonyl (C=O) groups is 1. The van der Waals surface area contributed by atoms with E-state index in [2.05, 4.69) is 20.2 Å². The maximum absolute atomic E-state index is 14.4. The fourth-order valence-corrected chi connectivity index (χ4v) is 7.91. The molecule has 0 aliphatic heterocycles. The molecule has 2 saturated carbocycles. The summed E-state index contributed by atoms with van der Waals surface area (Å²) >= 11 is 0. The summed E-state index contributed by atoms with van der Waals surface area (Å²) in [6.07, 6.45) is 10.3. The summed E-state index contributed by atoms with van der Waals surface area (Å²) in [5, 5.41) is 7.72. The lowest BCUT2D eigenvalue weighted by atomic mass is 9.61. The van der Waals surface area contributed by atoms with Crippen molar-refractivity contribution in [3.63, 3.8) is 0 Å². The number of ketones is 1. The van der Waals surface area contributed by atoms with Crippen molar-refractivity contribution in [1.82, 2.24) is 29.5 Å². The van der Waals surface area contributed by atoms with Gasteiger partial charge >= 0.3 is 0 Å². The predicted octanol–water partition coefficient (Wildman–Crippen LogP) is 4.73. The first-order valence-corrected chi connectivity index (χ1v) is 15.5. The zero-order valence-electron chi connectivity index (χ0n) is 22.6. The Hall–Kier alpha value is -3.99. The topological polar surface area (TPSA) is 113 Å². The zero-order valence-corrected chi connectivity index (χ0v) is 23.4. The molecule has 3 aliphatic rings. The quantitative estimate of drug-likeness (QED) is 0.294. The largest absolute Gasteiger partial charge is 0.291 e. The molecule has 0 N–H and O–H groups in total. The number of hydrogen-bond acceptors (Lipinski definition) is 7. The molecule has 0 spiro atoms. The van der Waals surface area contributed by atoms with Crippen LogP contribution >= 0.6 is 0 Å². The molecule has 0 bridgehead atoms. The normalized spacial score (nSPS) is 22.1. The number of nitrogens with zero attached hydrogens (tertiary/aromatic N) is 6. The first-order valence-electron chi connectivity index (χ1n) is 14.0. The van der Waals surface area contributed by atoms with E-state index < -0.39 is 20.5 Å². The number of aromatic nitrogens is 6. The molecule has 41 heavy (non-hydrogen) atoms. The Labute approximate surface area is 237 Å². The summed E-state index contributed by atoms with van der Waals surface area (Å²) in [7, 11) is -3.88. The standard InChI is InChI=1S/C30H29FN6O3S/c1-2-36-18-33-29(35-36)41(39,40)25-11-6-22-13-27-21(17-34-37(27)24-9-7-23(31)8-10-24)14-30(22,15-25)28(38)26-12-5-20(16-32-26)19-3-4-19/h5,7-10,12-13,16-19,25H,2-4,6,11,14-15H2,1H3/t25-,30-/m0/s1. The molecule has 2 atom stereocenters. The van der Waals surface area contributed by atoms with Crippen LogP contribution in [-0.2, 0) is 22.8 Å². The molecule has 0 unspecified atom stereocenters. The highest BCUT2D eigenvalue weighted by Gasteiger charge is 2.52. The van der Waals surface area contributed by atoms with Crippen LogP contribution in [0.1, 0.15) is 72.3 Å². The van der Waals surface area contributed by atoms with Gasteiger partial charge in [0.05, 0.1) is 28.2 Å². The average Bonchev–Trinajstić information content (AvgIpc) is 3.58. The molecule has 4 aromatic rings. The minimum absolute atomic E-state index is 0.105.